The van der Waals surface area contributed by atoms with Crippen molar-refractivity contribution < 1.29 is 14.3 Å². The normalized spacial score (nSPS) is 20.3. The van der Waals surface area contributed by atoms with Crippen molar-refractivity contribution in [3.05, 3.63) is 16.1 Å². The van der Waals surface area contributed by atoms with Crippen molar-refractivity contribution in [2.75, 3.05) is 13.7 Å². The summed E-state index contributed by atoms with van der Waals surface area (Å²) in [6, 6.07) is 0. The molecule has 0 amide bonds. The Bertz CT molecular complexity index is 436. The molecule has 4 nitrogen and oxygen atoms in total. The average molecular weight is 283 g/mol. The molecule has 5 heteroatoms. The molecule has 1 fully saturated rings. The molecule has 1 aromatic rings. The lowest BCUT2D eigenvalue weighted by molar-refractivity contribution is -0.146. The molecule has 0 radical (unpaired) electrons. The molecule has 1 aliphatic heterocycles. The van der Waals surface area contributed by atoms with Gasteiger partial charge >= 0.3 is 5.97 Å². The van der Waals surface area contributed by atoms with Crippen molar-refractivity contribution in [1.82, 2.24) is 4.98 Å². The fourth-order valence-electron chi connectivity index (χ4n) is 2.21. The van der Waals surface area contributed by atoms with Crippen LogP contribution in [0.4, 0.5) is 0 Å². The van der Waals surface area contributed by atoms with E-state index in [9.17, 15) is 4.79 Å². The first-order chi connectivity index (χ1) is 9.04. The summed E-state index contributed by atoms with van der Waals surface area (Å²) in [5.41, 5.74) is 0.104. The number of nitrogens with zero attached hydrogens (tertiary/aromatic N) is 1. The lowest BCUT2D eigenvalue weighted by Crippen LogP contribution is -2.30. The van der Waals surface area contributed by atoms with Crippen molar-refractivity contribution in [2.24, 2.45) is 0 Å². The molecule has 1 atom stereocenters. The molecule has 0 aliphatic carbocycles. The van der Waals surface area contributed by atoms with Crippen molar-refractivity contribution >= 4 is 17.3 Å². The van der Waals surface area contributed by atoms with Gasteiger partial charge in [-0.3, -0.25) is 4.79 Å². The molecule has 0 bridgehead atoms. The van der Waals surface area contributed by atoms with Gasteiger partial charge in [-0.05, 0) is 33.1 Å². The summed E-state index contributed by atoms with van der Waals surface area (Å²) in [7, 11) is 1.41. The number of methoxy groups -OCH3 is 1. The van der Waals surface area contributed by atoms with Gasteiger partial charge in [0.25, 0.3) is 0 Å². The van der Waals surface area contributed by atoms with Crippen LogP contribution in [-0.2, 0) is 26.1 Å². The van der Waals surface area contributed by atoms with Crippen LogP contribution in [0.25, 0.3) is 0 Å². The van der Waals surface area contributed by atoms with Gasteiger partial charge < -0.3 is 9.47 Å². The van der Waals surface area contributed by atoms with Crippen LogP contribution in [-0.4, -0.2) is 30.8 Å². The van der Waals surface area contributed by atoms with Crippen molar-refractivity contribution in [3.8, 4) is 0 Å². The Kier molecular flexibility index (Phi) is 4.58. The van der Waals surface area contributed by atoms with Gasteiger partial charge in [-0.1, -0.05) is 0 Å². The van der Waals surface area contributed by atoms with Crippen LogP contribution in [0, 0.1) is 0 Å². The quantitative estimate of drug-likeness (QED) is 0.797. The molecule has 0 aromatic carbocycles. The van der Waals surface area contributed by atoms with E-state index in [1.165, 1.54) is 13.5 Å². The van der Waals surface area contributed by atoms with E-state index in [0.717, 1.165) is 36.6 Å². The second-order valence-electron chi connectivity index (χ2n) is 5.44. The monoisotopic (exact) mass is 283 g/mol. The van der Waals surface area contributed by atoms with Gasteiger partial charge in [-0.15, -0.1) is 11.3 Å². The van der Waals surface area contributed by atoms with Gasteiger partial charge in [0.05, 0.1) is 23.9 Å². The Hall–Kier alpha value is -0.940. The van der Waals surface area contributed by atoms with Gasteiger partial charge in [0, 0.05) is 18.4 Å². The van der Waals surface area contributed by atoms with E-state index < -0.39 is 5.41 Å². The van der Waals surface area contributed by atoms with Gasteiger partial charge in [0.2, 0.25) is 0 Å². The molecule has 106 valence electrons. The highest BCUT2D eigenvalue weighted by Gasteiger charge is 2.33. The van der Waals surface area contributed by atoms with Crippen molar-refractivity contribution in [3.63, 3.8) is 0 Å². The summed E-state index contributed by atoms with van der Waals surface area (Å²) in [5.74, 6) is -0.252. The molecule has 1 unspecified atom stereocenters. The summed E-state index contributed by atoms with van der Waals surface area (Å²) >= 11 is 1.60. The second-order valence-corrected chi connectivity index (χ2v) is 6.38. The van der Waals surface area contributed by atoms with Gasteiger partial charge in [-0.2, -0.15) is 0 Å². The second kappa shape index (κ2) is 6.01. The first kappa shape index (κ1) is 14.5. The Morgan fingerprint density at radius 1 is 1.58 bits per heavy atom. The molecule has 1 saturated heterocycles. The van der Waals surface area contributed by atoms with E-state index in [-0.39, 0.29) is 12.1 Å². The minimum absolute atomic E-state index is 0.252. The number of carbonyl (C=O) groups is 1. The topological polar surface area (TPSA) is 48.4 Å². The van der Waals surface area contributed by atoms with Crippen LogP contribution in [0.2, 0.25) is 0 Å². The molecule has 1 aliphatic rings. The van der Waals surface area contributed by atoms with E-state index in [4.69, 9.17) is 9.47 Å². The Balaban J connectivity index is 2.04. The fourth-order valence-corrected chi connectivity index (χ4v) is 3.24. The van der Waals surface area contributed by atoms with Gasteiger partial charge in [0.1, 0.15) is 5.41 Å². The fraction of sp³-hybridized carbons (Fsp3) is 0.714. The molecule has 2 heterocycles. The number of carbonyl (C=O) groups excluding carboxylic acids is 1. The Morgan fingerprint density at radius 3 is 3.00 bits per heavy atom. The smallest absolute Gasteiger partial charge is 0.317 e. The molecule has 19 heavy (non-hydrogen) atoms. The van der Waals surface area contributed by atoms with E-state index in [2.05, 4.69) is 4.98 Å². The van der Waals surface area contributed by atoms with Crippen LogP contribution < -0.4 is 0 Å². The summed E-state index contributed by atoms with van der Waals surface area (Å²) in [4.78, 5) is 16.3. The van der Waals surface area contributed by atoms with E-state index >= 15 is 0 Å². The number of hydrogen-bond donors (Lipinski definition) is 0. The maximum atomic E-state index is 11.8. The third-order valence-electron chi connectivity index (χ3n) is 3.56. The number of hydrogen-bond acceptors (Lipinski definition) is 5. The summed E-state index contributed by atoms with van der Waals surface area (Å²) < 4.78 is 10.6. The summed E-state index contributed by atoms with van der Waals surface area (Å²) in [6.45, 7) is 4.54. The number of esters is 1. The standard InChI is InChI=1S/C14H21NO3S/c1-14(2,13(16)17-3)11-9-19-12(15-11)8-10-6-4-5-7-18-10/h9-10H,4-8H2,1-3H3. The van der Waals surface area contributed by atoms with Gasteiger partial charge in [-0.25, -0.2) is 4.98 Å². The Labute approximate surface area is 118 Å². The molecular formula is C14H21NO3S. The highest BCUT2D eigenvalue weighted by molar-refractivity contribution is 7.09. The third kappa shape index (κ3) is 3.34. The third-order valence-corrected chi connectivity index (χ3v) is 4.44. The number of ether oxygens (including phenoxy) is 2. The predicted molar refractivity (Wildman–Crippen MR) is 74.5 cm³/mol. The lowest BCUT2D eigenvalue weighted by atomic mass is 9.90. The minimum Gasteiger partial charge on any atom is -0.468 e. The molecule has 0 spiro atoms. The van der Waals surface area contributed by atoms with Crippen LogP contribution in [0.1, 0.15) is 43.8 Å². The summed E-state index contributed by atoms with van der Waals surface area (Å²) in [6.07, 6.45) is 4.64. The van der Waals surface area contributed by atoms with E-state index in [1.54, 1.807) is 11.3 Å². The zero-order valence-electron chi connectivity index (χ0n) is 11.8. The predicted octanol–water partition coefficient (Wildman–Crippen LogP) is 2.71. The maximum absolute atomic E-state index is 11.8. The van der Waals surface area contributed by atoms with Gasteiger partial charge in [0.15, 0.2) is 0 Å². The molecule has 1 aromatic heterocycles. The minimum atomic E-state index is -0.684. The van der Waals surface area contributed by atoms with Crippen molar-refractivity contribution in [2.45, 2.75) is 51.0 Å². The Morgan fingerprint density at radius 2 is 2.37 bits per heavy atom. The number of aromatic nitrogens is 1. The molecule has 2 rings (SSSR count). The zero-order valence-corrected chi connectivity index (χ0v) is 12.6. The highest BCUT2D eigenvalue weighted by atomic mass is 32.1. The van der Waals surface area contributed by atoms with E-state index in [1.807, 2.05) is 19.2 Å². The molecular weight excluding hydrogens is 262 g/mol. The zero-order chi connectivity index (χ0) is 13.9. The SMILES string of the molecule is COC(=O)C(C)(C)c1csc(CC2CCCCO2)n1. The summed E-state index contributed by atoms with van der Waals surface area (Å²) in [5, 5.41) is 2.99. The first-order valence-electron chi connectivity index (χ1n) is 6.69. The van der Waals surface area contributed by atoms with Crippen LogP contribution in [0.3, 0.4) is 0 Å². The highest BCUT2D eigenvalue weighted by Crippen LogP contribution is 2.27. The van der Waals surface area contributed by atoms with Crippen LogP contribution in [0.5, 0.6) is 0 Å². The maximum Gasteiger partial charge on any atom is 0.317 e. The first-order valence-corrected chi connectivity index (χ1v) is 7.57. The molecule has 0 N–H and O–H groups in total. The number of rotatable bonds is 4. The number of thiazole rings is 1. The lowest BCUT2D eigenvalue weighted by Gasteiger charge is -2.21. The van der Waals surface area contributed by atoms with Crippen molar-refractivity contribution in [1.29, 1.82) is 0 Å². The average Bonchev–Trinajstić information content (AvgIpc) is 2.88. The van der Waals surface area contributed by atoms with Crippen LogP contribution >= 0.6 is 11.3 Å². The molecule has 0 saturated carbocycles. The largest absolute Gasteiger partial charge is 0.468 e. The van der Waals surface area contributed by atoms with E-state index in [0.29, 0.717) is 0 Å². The van der Waals surface area contributed by atoms with Crippen LogP contribution in [0.15, 0.2) is 5.38 Å².